The van der Waals surface area contributed by atoms with Gasteiger partial charge in [0.05, 0.1) is 0 Å². The van der Waals surface area contributed by atoms with E-state index in [9.17, 15) is 9.59 Å². The molecule has 0 radical (unpaired) electrons. The van der Waals surface area contributed by atoms with Gasteiger partial charge >= 0.3 is 6.09 Å². The smallest absolute Gasteiger partial charge is 0.410 e. The van der Waals surface area contributed by atoms with Crippen molar-refractivity contribution in [3.63, 3.8) is 0 Å². The minimum atomic E-state index is -0.518. The molecule has 0 aromatic heterocycles. The first-order valence-corrected chi connectivity index (χ1v) is 7.40. The lowest BCUT2D eigenvalue weighted by Gasteiger charge is -2.36. The third kappa shape index (κ3) is 4.59. The number of hydrogen-bond acceptors (Lipinski definition) is 3. The van der Waals surface area contributed by atoms with Crippen molar-refractivity contribution in [2.45, 2.75) is 51.7 Å². The fraction of sp³-hybridized carbons (Fsp3) is 0.529. The first-order valence-electron chi connectivity index (χ1n) is 7.40. The van der Waals surface area contributed by atoms with Gasteiger partial charge in [-0.15, -0.1) is 0 Å². The molecule has 114 valence electrons. The molecule has 1 atom stereocenters. The Morgan fingerprint density at radius 2 is 1.95 bits per heavy atom. The van der Waals surface area contributed by atoms with Gasteiger partial charge in [0, 0.05) is 25.4 Å². The van der Waals surface area contributed by atoms with Crippen LogP contribution in [0.4, 0.5) is 4.79 Å². The fourth-order valence-electron chi connectivity index (χ4n) is 2.53. The third-order valence-corrected chi connectivity index (χ3v) is 3.48. The van der Waals surface area contributed by atoms with Crippen LogP contribution < -0.4 is 0 Å². The molecule has 1 aliphatic heterocycles. The highest BCUT2D eigenvalue weighted by Gasteiger charge is 2.33. The number of Topliss-reactive ketones (excluding diaryl/α,β-unsaturated/α-hetero) is 1. The van der Waals surface area contributed by atoms with Crippen LogP contribution in [0.5, 0.6) is 0 Å². The zero-order chi connectivity index (χ0) is 15.5. The number of carbonyl (C=O) groups is 2. The van der Waals surface area contributed by atoms with E-state index in [1.165, 1.54) is 0 Å². The van der Waals surface area contributed by atoms with Crippen molar-refractivity contribution in [2.75, 3.05) is 6.54 Å². The van der Waals surface area contributed by atoms with E-state index in [0.717, 1.165) is 5.56 Å². The highest BCUT2D eigenvalue weighted by Crippen LogP contribution is 2.21. The SMILES string of the molecule is CC(C)(C)OC(=O)N1CCC(=O)C[C@@H]1Cc1ccccc1. The third-order valence-electron chi connectivity index (χ3n) is 3.48. The molecule has 1 aromatic carbocycles. The lowest BCUT2D eigenvalue weighted by atomic mass is 9.95. The number of amides is 1. The summed E-state index contributed by atoms with van der Waals surface area (Å²) in [6.07, 6.45) is 1.20. The van der Waals surface area contributed by atoms with Gasteiger partial charge in [0.2, 0.25) is 0 Å². The Kier molecular flexibility index (Phi) is 4.66. The number of benzene rings is 1. The Bertz CT molecular complexity index is 505. The lowest BCUT2D eigenvalue weighted by molar-refractivity contribution is -0.122. The normalized spacial score (nSPS) is 19.5. The number of ketones is 1. The summed E-state index contributed by atoms with van der Waals surface area (Å²) >= 11 is 0. The number of piperidine rings is 1. The van der Waals surface area contributed by atoms with E-state index in [1.807, 2.05) is 51.1 Å². The summed E-state index contributed by atoms with van der Waals surface area (Å²) in [4.78, 5) is 25.8. The monoisotopic (exact) mass is 289 g/mol. The van der Waals surface area contributed by atoms with E-state index < -0.39 is 5.60 Å². The van der Waals surface area contributed by atoms with E-state index in [2.05, 4.69) is 0 Å². The highest BCUT2D eigenvalue weighted by molar-refractivity contribution is 5.82. The van der Waals surface area contributed by atoms with Crippen LogP contribution in [0.3, 0.4) is 0 Å². The van der Waals surface area contributed by atoms with Gasteiger partial charge in [0.25, 0.3) is 0 Å². The topological polar surface area (TPSA) is 46.6 Å². The quantitative estimate of drug-likeness (QED) is 0.840. The molecule has 0 aliphatic carbocycles. The second kappa shape index (κ2) is 6.29. The fourth-order valence-corrected chi connectivity index (χ4v) is 2.53. The van der Waals surface area contributed by atoms with Crippen LogP contribution in [0.25, 0.3) is 0 Å². The Hall–Kier alpha value is -1.84. The molecule has 4 heteroatoms. The molecule has 0 N–H and O–H groups in total. The van der Waals surface area contributed by atoms with Crippen LogP contribution in [-0.2, 0) is 16.0 Å². The van der Waals surface area contributed by atoms with E-state index in [1.54, 1.807) is 4.90 Å². The van der Waals surface area contributed by atoms with Gasteiger partial charge in [-0.3, -0.25) is 4.79 Å². The number of likely N-dealkylation sites (tertiary alicyclic amines) is 1. The summed E-state index contributed by atoms with van der Waals surface area (Å²) in [5.74, 6) is 0.218. The number of ether oxygens (including phenoxy) is 1. The van der Waals surface area contributed by atoms with E-state index in [0.29, 0.717) is 25.8 Å². The predicted octanol–water partition coefficient (Wildman–Crippen LogP) is 3.20. The van der Waals surface area contributed by atoms with Gasteiger partial charge in [-0.25, -0.2) is 4.79 Å². The number of carbonyl (C=O) groups excluding carboxylic acids is 2. The maximum absolute atomic E-state index is 12.3. The van der Waals surface area contributed by atoms with Crippen LogP contribution in [0.2, 0.25) is 0 Å². The van der Waals surface area contributed by atoms with Crippen LogP contribution in [0, 0.1) is 0 Å². The Balaban J connectivity index is 2.10. The Morgan fingerprint density at radius 3 is 2.57 bits per heavy atom. The number of rotatable bonds is 2. The molecule has 0 spiro atoms. The number of nitrogens with zero attached hydrogens (tertiary/aromatic N) is 1. The Labute approximate surface area is 126 Å². The summed E-state index contributed by atoms with van der Waals surface area (Å²) in [5.41, 5.74) is 0.612. The lowest BCUT2D eigenvalue weighted by Crippen LogP contribution is -2.49. The summed E-state index contributed by atoms with van der Waals surface area (Å²) in [6, 6.07) is 9.83. The largest absolute Gasteiger partial charge is 0.444 e. The first kappa shape index (κ1) is 15.5. The molecule has 4 nitrogen and oxygen atoms in total. The molecule has 1 saturated heterocycles. The summed E-state index contributed by atoms with van der Waals surface area (Å²) in [7, 11) is 0. The second-order valence-electron chi connectivity index (χ2n) is 6.51. The van der Waals surface area contributed by atoms with Crippen molar-refractivity contribution < 1.29 is 14.3 Å². The number of hydrogen-bond donors (Lipinski definition) is 0. The molecular formula is C17H23NO3. The minimum absolute atomic E-state index is 0.108. The molecule has 1 fully saturated rings. The van der Waals surface area contributed by atoms with Gasteiger partial charge in [0.1, 0.15) is 11.4 Å². The predicted molar refractivity (Wildman–Crippen MR) is 81.1 cm³/mol. The molecule has 2 rings (SSSR count). The van der Waals surface area contributed by atoms with Crippen molar-refractivity contribution in [1.82, 2.24) is 4.90 Å². The summed E-state index contributed by atoms with van der Waals surface area (Å²) in [5, 5.41) is 0. The van der Waals surface area contributed by atoms with Crippen molar-refractivity contribution in [3.8, 4) is 0 Å². The molecular weight excluding hydrogens is 266 g/mol. The van der Waals surface area contributed by atoms with Crippen LogP contribution in [0.1, 0.15) is 39.2 Å². The zero-order valence-corrected chi connectivity index (χ0v) is 13.0. The first-order chi connectivity index (χ1) is 9.85. The van der Waals surface area contributed by atoms with E-state index in [-0.39, 0.29) is 17.9 Å². The minimum Gasteiger partial charge on any atom is -0.444 e. The molecule has 1 aliphatic rings. The van der Waals surface area contributed by atoms with Crippen LogP contribution in [0.15, 0.2) is 30.3 Å². The van der Waals surface area contributed by atoms with Crippen LogP contribution >= 0.6 is 0 Å². The van der Waals surface area contributed by atoms with Crippen LogP contribution in [-0.4, -0.2) is 35.0 Å². The van der Waals surface area contributed by atoms with E-state index >= 15 is 0 Å². The molecule has 1 heterocycles. The average Bonchev–Trinajstić information content (AvgIpc) is 2.37. The molecule has 1 aromatic rings. The maximum Gasteiger partial charge on any atom is 0.410 e. The standard InChI is InChI=1S/C17H23NO3/c1-17(2,3)21-16(20)18-10-9-15(19)12-14(18)11-13-7-5-4-6-8-13/h4-8,14H,9-12H2,1-3H3/t14-/m0/s1. The van der Waals surface area contributed by atoms with Crippen molar-refractivity contribution in [2.24, 2.45) is 0 Å². The van der Waals surface area contributed by atoms with Gasteiger partial charge in [-0.05, 0) is 32.8 Å². The van der Waals surface area contributed by atoms with Crippen molar-refractivity contribution >= 4 is 11.9 Å². The van der Waals surface area contributed by atoms with Gasteiger partial charge in [-0.1, -0.05) is 30.3 Å². The second-order valence-corrected chi connectivity index (χ2v) is 6.51. The molecule has 0 bridgehead atoms. The van der Waals surface area contributed by atoms with Crippen molar-refractivity contribution in [3.05, 3.63) is 35.9 Å². The van der Waals surface area contributed by atoms with Gasteiger partial charge < -0.3 is 9.64 Å². The molecule has 1 amide bonds. The molecule has 0 saturated carbocycles. The highest BCUT2D eigenvalue weighted by atomic mass is 16.6. The average molecular weight is 289 g/mol. The zero-order valence-electron chi connectivity index (χ0n) is 13.0. The maximum atomic E-state index is 12.3. The van der Waals surface area contributed by atoms with Gasteiger partial charge in [0.15, 0.2) is 0 Å². The molecule has 0 unspecified atom stereocenters. The van der Waals surface area contributed by atoms with Crippen molar-refractivity contribution in [1.29, 1.82) is 0 Å². The summed E-state index contributed by atoms with van der Waals surface area (Å²) in [6.45, 7) is 6.01. The Morgan fingerprint density at radius 1 is 1.29 bits per heavy atom. The molecule has 21 heavy (non-hydrogen) atoms. The van der Waals surface area contributed by atoms with Gasteiger partial charge in [-0.2, -0.15) is 0 Å². The summed E-state index contributed by atoms with van der Waals surface area (Å²) < 4.78 is 5.46. The van der Waals surface area contributed by atoms with E-state index in [4.69, 9.17) is 4.74 Å².